The van der Waals surface area contributed by atoms with Crippen molar-refractivity contribution in [2.45, 2.75) is 58.8 Å². The van der Waals surface area contributed by atoms with Gasteiger partial charge in [-0.05, 0) is 31.4 Å². The van der Waals surface area contributed by atoms with Crippen LogP contribution in [-0.4, -0.2) is 17.6 Å². The van der Waals surface area contributed by atoms with Crippen molar-refractivity contribution in [3.05, 3.63) is 24.6 Å². The first kappa shape index (κ1) is 13.5. The summed E-state index contributed by atoms with van der Waals surface area (Å²) in [7, 11) is 0. The van der Waals surface area contributed by atoms with E-state index in [4.69, 9.17) is 0 Å². The zero-order valence-corrected chi connectivity index (χ0v) is 11.1. The van der Waals surface area contributed by atoms with Crippen LogP contribution in [-0.2, 0) is 0 Å². The van der Waals surface area contributed by atoms with Crippen molar-refractivity contribution in [3.63, 3.8) is 0 Å². The quantitative estimate of drug-likeness (QED) is 0.394. The predicted octanol–water partition coefficient (Wildman–Crippen LogP) is 4.61. The van der Waals surface area contributed by atoms with E-state index in [0.29, 0.717) is 0 Å². The summed E-state index contributed by atoms with van der Waals surface area (Å²) in [5.74, 6) is 0. The highest BCUT2D eigenvalue weighted by Gasteiger charge is 2.22. The van der Waals surface area contributed by atoms with Crippen LogP contribution in [0.25, 0.3) is 0 Å². The van der Waals surface area contributed by atoms with Gasteiger partial charge in [0.15, 0.2) is 0 Å². The monoisotopic (exact) mass is 222 g/mol. The smallest absolute Gasteiger partial charge is 0.101 e. The summed E-state index contributed by atoms with van der Waals surface area (Å²) in [5, 5.41) is 0. The highest BCUT2D eigenvalue weighted by Crippen LogP contribution is 2.19. The summed E-state index contributed by atoms with van der Waals surface area (Å²) in [6, 6.07) is 0. The minimum atomic E-state index is 1.10. The molecular weight excluding hydrogens is 194 g/mol. The molecule has 1 nitrogen and oxygen atoms in total. The molecule has 0 fully saturated rings. The van der Waals surface area contributed by atoms with Crippen molar-refractivity contribution >= 4 is 0 Å². The second kappa shape index (κ2) is 7.67. The molecule has 1 aliphatic heterocycles. The first-order valence-corrected chi connectivity index (χ1v) is 7.06. The fourth-order valence-electron chi connectivity index (χ4n) is 2.50. The molecule has 0 atom stereocenters. The molecule has 0 aromatic heterocycles. The zero-order chi connectivity index (χ0) is 11.7. The van der Waals surface area contributed by atoms with Gasteiger partial charge in [0.1, 0.15) is 12.4 Å². The van der Waals surface area contributed by atoms with Gasteiger partial charge in [0, 0.05) is 0 Å². The minimum absolute atomic E-state index is 1.10. The van der Waals surface area contributed by atoms with Gasteiger partial charge in [-0.2, -0.15) is 0 Å². The summed E-state index contributed by atoms with van der Waals surface area (Å²) in [5.41, 5.74) is 0. The second-order valence-electron chi connectivity index (χ2n) is 5.00. The molecule has 16 heavy (non-hydrogen) atoms. The lowest BCUT2D eigenvalue weighted by molar-refractivity contribution is -0.826. The minimum Gasteiger partial charge on any atom is -0.271 e. The predicted molar refractivity (Wildman–Crippen MR) is 71.9 cm³/mol. The van der Waals surface area contributed by atoms with Crippen molar-refractivity contribution in [2.75, 3.05) is 13.1 Å². The average Bonchev–Trinajstić information content (AvgIpc) is 2.73. The van der Waals surface area contributed by atoms with Crippen molar-refractivity contribution in [1.82, 2.24) is 0 Å². The molecule has 0 aliphatic carbocycles. The number of rotatable bonds is 9. The molecule has 0 radical (unpaired) electrons. The Balaban J connectivity index is 2.14. The largest absolute Gasteiger partial charge is 0.271 e. The van der Waals surface area contributed by atoms with Gasteiger partial charge in [-0.1, -0.05) is 39.5 Å². The topological polar surface area (TPSA) is 0 Å². The number of nitrogens with zero attached hydrogens (tertiary/aromatic N) is 1. The number of hydrogen-bond donors (Lipinski definition) is 0. The third-order valence-electron chi connectivity index (χ3n) is 3.44. The van der Waals surface area contributed by atoms with Gasteiger partial charge >= 0.3 is 0 Å². The molecule has 92 valence electrons. The lowest BCUT2D eigenvalue weighted by Crippen LogP contribution is -2.37. The van der Waals surface area contributed by atoms with Crippen LogP contribution in [0.15, 0.2) is 24.6 Å². The van der Waals surface area contributed by atoms with Crippen molar-refractivity contribution in [2.24, 2.45) is 0 Å². The molecule has 1 rings (SSSR count). The maximum absolute atomic E-state index is 2.36. The van der Waals surface area contributed by atoms with Gasteiger partial charge in [0.2, 0.25) is 0 Å². The molecule has 1 heteroatoms. The molecule has 0 bridgehead atoms. The van der Waals surface area contributed by atoms with Gasteiger partial charge in [-0.25, -0.2) is 0 Å². The van der Waals surface area contributed by atoms with E-state index in [0.717, 1.165) is 4.48 Å². The first-order chi connectivity index (χ1) is 7.83. The maximum atomic E-state index is 2.36. The third-order valence-corrected chi connectivity index (χ3v) is 3.44. The zero-order valence-electron chi connectivity index (χ0n) is 11.1. The van der Waals surface area contributed by atoms with E-state index < -0.39 is 0 Å². The molecule has 1 aliphatic rings. The van der Waals surface area contributed by atoms with Crippen molar-refractivity contribution < 1.29 is 4.48 Å². The lowest BCUT2D eigenvalue weighted by atomic mass is 10.1. The summed E-state index contributed by atoms with van der Waals surface area (Å²) in [6.45, 7) is 7.12. The Labute approximate surface area is 101 Å². The van der Waals surface area contributed by atoms with E-state index in [9.17, 15) is 0 Å². The van der Waals surface area contributed by atoms with E-state index in [2.05, 4.69) is 38.4 Å². The van der Waals surface area contributed by atoms with Crippen LogP contribution in [0.5, 0.6) is 0 Å². The normalized spacial score (nSPS) is 17.1. The molecule has 0 amide bonds. The van der Waals surface area contributed by atoms with Gasteiger partial charge in [0.05, 0.1) is 13.1 Å². The Morgan fingerprint density at radius 3 is 1.94 bits per heavy atom. The van der Waals surface area contributed by atoms with E-state index in [1.807, 2.05) is 0 Å². The molecule has 1 heterocycles. The molecule has 0 aromatic carbocycles. The average molecular weight is 222 g/mol. The van der Waals surface area contributed by atoms with E-state index in [1.54, 1.807) is 0 Å². The number of quaternary nitrogens is 1. The van der Waals surface area contributed by atoms with Gasteiger partial charge in [-0.3, -0.25) is 4.48 Å². The fourth-order valence-corrected chi connectivity index (χ4v) is 2.50. The Morgan fingerprint density at radius 2 is 1.31 bits per heavy atom. The van der Waals surface area contributed by atoms with E-state index >= 15 is 0 Å². The van der Waals surface area contributed by atoms with Crippen LogP contribution < -0.4 is 0 Å². The standard InChI is InChI=1S/C15H28N/c1-3-5-6-7-8-9-13-16(12-4-2)14-10-11-15-16/h10-11,14-15H,3-9,12-13H2,1-2H3/q+1. The SMILES string of the molecule is CCCCCCCC[N+]1(CCC)C=CC=C1. The Hall–Kier alpha value is -0.560. The maximum Gasteiger partial charge on any atom is 0.101 e. The number of allylic oxidation sites excluding steroid dienone is 2. The van der Waals surface area contributed by atoms with Gasteiger partial charge in [0.25, 0.3) is 0 Å². The lowest BCUT2D eigenvalue weighted by Gasteiger charge is -2.28. The van der Waals surface area contributed by atoms with Crippen LogP contribution in [0.2, 0.25) is 0 Å². The number of hydrogen-bond acceptors (Lipinski definition) is 0. The molecule has 0 unspecified atom stereocenters. The highest BCUT2D eigenvalue weighted by atomic mass is 15.3. The first-order valence-electron chi connectivity index (χ1n) is 7.06. The van der Waals surface area contributed by atoms with Crippen LogP contribution in [0.1, 0.15) is 58.8 Å². The summed E-state index contributed by atoms with van der Waals surface area (Å²) >= 11 is 0. The van der Waals surface area contributed by atoms with Crippen LogP contribution >= 0.6 is 0 Å². The Morgan fingerprint density at radius 1 is 0.688 bits per heavy atom. The van der Waals surface area contributed by atoms with Crippen LogP contribution in [0.3, 0.4) is 0 Å². The molecule has 0 saturated carbocycles. The van der Waals surface area contributed by atoms with Gasteiger partial charge < -0.3 is 0 Å². The summed E-state index contributed by atoms with van der Waals surface area (Å²) < 4.78 is 1.10. The third kappa shape index (κ3) is 4.52. The van der Waals surface area contributed by atoms with Gasteiger partial charge in [-0.15, -0.1) is 0 Å². The van der Waals surface area contributed by atoms with Crippen LogP contribution in [0, 0.1) is 0 Å². The Kier molecular flexibility index (Phi) is 6.47. The van der Waals surface area contributed by atoms with E-state index in [-0.39, 0.29) is 0 Å². The number of unbranched alkanes of at least 4 members (excludes halogenated alkanes) is 5. The molecule has 0 aromatic rings. The summed E-state index contributed by atoms with van der Waals surface area (Å²) in [6.07, 6.45) is 18.8. The second-order valence-corrected chi connectivity index (χ2v) is 5.00. The van der Waals surface area contributed by atoms with Crippen molar-refractivity contribution in [1.29, 1.82) is 0 Å². The van der Waals surface area contributed by atoms with Crippen molar-refractivity contribution in [3.8, 4) is 0 Å². The Bertz CT molecular complexity index is 216. The fraction of sp³-hybridized carbons (Fsp3) is 0.733. The molecule has 0 spiro atoms. The highest BCUT2D eigenvalue weighted by molar-refractivity contribution is 5.03. The van der Waals surface area contributed by atoms with Crippen LogP contribution in [0.4, 0.5) is 0 Å². The molecular formula is C15H28N+. The van der Waals surface area contributed by atoms with E-state index in [1.165, 1.54) is 58.0 Å². The summed E-state index contributed by atoms with van der Waals surface area (Å²) in [4.78, 5) is 0. The molecule has 0 N–H and O–H groups in total. The molecule has 0 saturated heterocycles.